The lowest BCUT2D eigenvalue weighted by molar-refractivity contribution is 0.223. The third kappa shape index (κ3) is 3.00. The van der Waals surface area contributed by atoms with E-state index in [1.54, 1.807) is 12.4 Å². The molecule has 1 N–H and O–H groups in total. The molecule has 0 amide bonds. The van der Waals surface area contributed by atoms with Gasteiger partial charge in [-0.05, 0) is 36.8 Å². The van der Waals surface area contributed by atoms with Crippen LogP contribution in [0.15, 0.2) is 78.6 Å². The van der Waals surface area contributed by atoms with Gasteiger partial charge in [-0.1, -0.05) is 71.2 Å². The highest BCUT2D eigenvalue weighted by Crippen LogP contribution is 2.51. The van der Waals surface area contributed by atoms with E-state index >= 15 is 0 Å². The number of rotatable bonds is 2. The van der Waals surface area contributed by atoms with E-state index in [9.17, 15) is 0 Å². The number of benzene rings is 3. The molecular formula is C25H18Cl2N4O. The van der Waals surface area contributed by atoms with E-state index in [0.29, 0.717) is 16.0 Å². The highest BCUT2D eigenvalue weighted by molar-refractivity contribution is 6.35. The smallest absolute Gasteiger partial charge is 0.226 e. The number of para-hydroxylation sites is 1. The van der Waals surface area contributed by atoms with E-state index in [-0.39, 0.29) is 6.04 Å². The Balaban J connectivity index is 1.64. The number of anilines is 1. The van der Waals surface area contributed by atoms with Crippen molar-refractivity contribution in [1.29, 1.82) is 0 Å². The zero-order valence-corrected chi connectivity index (χ0v) is 18.6. The van der Waals surface area contributed by atoms with Crippen molar-refractivity contribution in [3.05, 3.63) is 111 Å². The predicted octanol–water partition coefficient (Wildman–Crippen LogP) is 6.45. The van der Waals surface area contributed by atoms with E-state index in [4.69, 9.17) is 27.9 Å². The average Bonchev–Trinajstić information content (AvgIpc) is 3.26. The van der Waals surface area contributed by atoms with Gasteiger partial charge in [0, 0.05) is 26.7 Å². The highest BCUT2D eigenvalue weighted by atomic mass is 35.5. The number of nitrogens with one attached hydrogen (secondary N) is 1. The molecule has 0 saturated carbocycles. The van der Waals surface area contributed by atoms with E-state index in [2.05, 4.69) is 52.7 Å². The van der Waals surface area contributed by atoms with Gasteiger partial charge in [0.1, 0.15) is 18.1 Å². The van der Waals surface area contributed by atoms with Crippen molar-refractivity contribution < 1.29 is 4.74 Å². The van der Waals surface area contributed by atoms with Crippen LogP contribution >= 0.6 is 23.2 Å². The lowest BCUT2D eigenvalue weighted by Crippen LogP contribution is -2.32. The van der Waals surface area contributed by atoms with Crippen LogP contribution in [0.2, 0.25) is 10.0 Å². The summed E-state index contributed by atoms with van der Waals surface area (Å²) in [5, 5.41) is 9.18. The Morgan fingerprint density at radius 1 is 1.00 bits per heavy atom. The van der Waals surface area contributed by atoms with Crippen LogP contribution in [-0.2, 0) is 0 Å². The van der Waals surface area contributed by atoms with Gasteiger partial charge in [-0.2, -0.15) is 10.1 Å². The van der Waals surface area contributed by atoms with Gasteiger partial charge in [0.15, 0.2) is 6.10 Å². The first kappa shape index (κ1) is 19.4. The summed E-state index contributed by atoms with van der Waals surface area (Å²) in [5.74, 6) is 1.47. The highest BCUT2D eigenvalue weighted by Gasteiger charge is 2.41. The molecule has 6 rings (SSSR count). The molecule has 1 aromatic heterocycles. The van der Waals surface area contributed by atoms with Crippen molar-refractivity contribution in [2.75, 3.05) is 5.32 Å². The first-order valence-corrected chi connectivity index (χ1v) is 11.0. The van der Waals surface area contributed by atoms with E-state index in [0.717, 1.165) is 33.7 Å². The molecule has 0 spiro atoms. The largest absolute Gasteiger partial charge is 0.480 e. The minimum absolute atomic E-state index is 0.213. The number of hydrogen-bond donors (Lipinski definition) is 1. The molecule has 158 valence electrons. The first-order chi connectivity index (χ1) is 15.6. The van der Waals surface area contributed by atoms with Gasteiger partial charge in [-0.3, -0.25) is 0 Å². The summed E-state index contributed by atoms with van der Waals surface area (Å²) in [6.07, 6.45) is 1.14. The molecule has 32 heavy (non-hydrogen) atoms. The van der Waals surface area contributed by atoms with Crippen molar-refractivity contribution in [3.63, 3.8) is 0 Å². The summed E-state index contributed by atoms with van der Waals surface area (Å²) in [5.41, 5.74) is 6.10. The van der Waals surface area contributed by atoms with Crippen molar-refractivity contribution in [2.45, 2.75) is 19.1 Å². The number of aryl methyl sites for hydroxylation is 1. The molecule has 0 fully saturated rings. The SMILES string of the molecule is Cc1ccc([C@H]2C3=C(Nc4ncnn42)c2ccccc2O[C@@H]3c2ccc(Cl)cc2Cl)cc1. The minimum atomic E-state index is -0.430. The standard InChI is InChI=1S/C25H18Cl2N4O/c1-14-6-8-15(9-7-14)23-21-22(30-25-28-13-29-31(23)25)18-4-2-3-5-20(18)32-24(21)17-11-10-16(26)12-19(17)27/h2-13,23-24H,1H3,(H,28,29,30)/t23-,24+/m0/s1. The summed E-state index contributed by atoms with van der Waals surface area (Å²) in [4.78, 5) is 4.46. The Kier molecular flexibility index (Phi) is 4.49. The Morgan fingerprint density at radius 3 is 2.62 bits per heavy atom. The zero-order valence-electron chi connectivity index (χ0n) is 17.1. The molecule has 3 aromatic carbocycles. The van der Waals surface area contributed by atoms with Crippen LogP contribution in [-0.4, -0.2) is 14.8 Å². The molecule has 2 aliphatic rings. The van der Waals surface area contributed by atoms with Crippen LogP contribution in [0.25, 0.3) is 5.70 Å². The molecule has 4 aromatic rings. The lowest BCUT2D eigenvalue weighted by atomic mass is 9.84. The maximum atomic E-state index is 6.67. The van der Waals surface area contributed by atoms with Crippen LogP contribution in [0.1, 0.15) is 34.4 Å². The van der Waals surface area contributed by atoms with Gasteiger partial charge in [0.2, 0.25) is 5.95 Å². The van der Waals surface area contributed by atoms with Gasteiger partial charge in [-0.15, -0.1) is 0 Å². The van der Waals surface area contributed by atoms with Gasteiger partial charge in [0.05, 0.1) is 5.70 Å². The molecule has 3 heterocycles. The van der Waals surface area contributed by atoms with Crippen molar-refractivity contribution in [3.8, 4) is 5.75 Å². The summed E-state index contributed by atoms with van der Waals surface area (Å²) < 4.78 is 8.49. The third-order valence-electron chi connectivity index (χ3n) is 5.96. The molecule has 2 aliphatic heterocycles. The van der Waals surface area contributed by atoms with Crippen LogP contribution < -0.4 is 10.1 Å². The molecule has 2 atom stereocenters. The number of fused-ring (bicyclic) bond motifs is 3. The second-order valence-corrected chi connectivity index (χ2v) is 8.80. The maximum Gasteiger partial charge on any atom is 0.226 e. The Morgan fingerprint density at radius 2 is 1.81 bits per heavy atom. The van der Waals surface area contributed by atoms with Gasteiger partial charge in [-0.25, -0.2) is 4.68 Å². The van der Waals surface area contributed by atoms with Crippen molar-refractivity contribution in [2.24, 2.45) is 0 Å². The normalized spacial score (nSPS) is 18.8. The van der Waals surface area contributed by atoms with Crippen LogP contribution in [0.3, 0.4) is 0 Å². The van der Waals surface area contributed by atoms with Crippen molar-refractivity contribution >= 4 is 34.8 Å². The third-order valence-corrected chi connectivity index (χ3v) is 6.52. The molecule has 0 bridgehead atoms. The van der Waals surface area contributed by atoms with Gasteiger partial charge >= 0.3 is 0 Å². The molecule has 7 heteroatoms. The van der Waals surface area contributed by atoms with E-state index < -0.39 is 6.10 Å². The van der Waals surface area contributed by atoms with Crippen LogP contribution in [0.4, 0.5) is 5.95 Å². The summed E-state index contributed by atoms with van der Waals surface area (Å²) >= 11 is 12.9. The Hall–Kier alpha value is -3.28. The number of nitrogens with zero attached hydrogens (tertiary/aromatic N) is 3. The molecule has 0 aliphatic carbocycles. The zero-order chi connectivity index (χ0) is 21.8. The topological polar surface area (TPSA) is 52.0 Å². The van der Waals surface area contributed by atoms with Gasteiger partial charge in [0.25, 0.3) is 0 Å². The fraction of sp³-hybridized carbons (Fsp3) is 0.120. The summed E-state index contributed by atoms with van der Waals surface area (Å²) in [7, 11) is 0. The molecule has 5 nitrogen and oxygen atoms in total. The fourth-order valence-electron chi connectivity index (χ4n) is 4.46. The monoisotopic (exact) mass is 460 g/mol. The van der Waals surface area contributed by atoms with Crippen LogP contribution in [0.5, 0.6) is 5.75 Å². The predicted molar refractivity (Wildman–Crippen MR) is 126 cm³/mol. The minimum Gasteiger partial charge on any atom is -0.480 e. The maximum absolute atomic E-state index is 6.67. The Bertz CT molecular complexity index is 1380. The number of ether oxygens (including phenoxy) is 1. The molecule has 0 saturated heterocycles. The van der Waals surface area contributed by atoms with E-state index in [1.807, 2.05) is 35.0 Å². The summed E-state index contributed by atoms with van der Waals surface area (Å²) in [6, 6.07) is 21.8. The lowest BCUT2D eigenvalue weighted by Gasteiger charge is -2.39. The average molecular weight is 461 g/mol. The van der Waals surface area contributed by atoms with Gasteiger partial charge < -0.3 is 10.1 Å². The number of halogens is 2. The first-order valence-electron chi connectivity index (χ1n) is 10.3. The number of aromatic nitrogens is 3. The molecule has 0 unspecified atom stereocenters. The number of hydrogen-bond acceptors (Lipinski definition) is 4. The second-order valence-electron chi connectivity index (χ2n) is 7.96. The van der Waals surface area contributed by atoms with Crippen molar-refractivity contribution in [1.82, 2.24) is 14.8 Å². The Labute approximate surface area is 195 Å². The molecule has 0 radical (unpaired) electrons. The summed E-state index contributed by atoms with van der Waals surface area (Å²) in [6.45, 7) is 2.08. The molecular weight excluding hydrogens is 443 g/mol. The second kappa shape index (κ2) is 7.40. The fourth-order valence-corrected chi connectivity index (χ4v) is 4.97. The van der Waals surface area contributed by atoms with E-state index in [1.165, 1.54) is 5.56 Å². The van der Waals surface area contributed by atoms with Crippen LogP contribution in [0, 0.1) is 6.92 Å². The quantitative estimate of drug-likeness (QED) is 0.373.